The number of furan rings is 1. The van der Waals surface area contributed by atoms with E-state index in [-0.39, 0.29) is 29.7 Å². The highest BCUT2D eigenvalue weighted by Gasteiger charge is 2.19. The minimum atomic E-state index is -0.426. The van der Waals surface area contributed by atoms with E-state index < -0.39 is 6.04 Å². The highest BCUT2D eigenvalue weighted by molar-refractivity contribution is 6.15. The van der Waals surface area contributed by atoms with Crippen LogP contribution in [0.3, 0.4) is 0 Å². The largest absolute Gasteiger partial charge is 0.455 e. The topological polar surface area (TPSA) is 51.8 Å². The van der Waals surface area contributed by atoms with Gasteiger partial charge in [0.1, 0.15) is 11.2 Å². The standard InChI is InChI=1S/C45H29N3O/c1-4-12-30(13-5-1)32-22-26-34(27-23-32)37-18-11-21-40-41(37)38-19-10-20-39(42(38)49-40)45-47-43(35-16-8-3-9-17-35)46-44(48-45)36-28-24-33(25-29-36)31-14-6-2-7-15-31/h1-29H/i2D,6D,7D,14D,15D. The SMILES string of the molecule is [2H]c1c([2H])c([2H])c(-c2ccc(-c3nc(-c4ccccc4)nc(-c4cccc5c4oc4cccc(-c6ccc(-c7ccccc7)cc6)c45)n3)cc2)c([2H])c1[2H]. The molecule has 2 aromatic heterocycles. The lowest BCUT2D eigenvalue weighted by Crippen LogP contribution is -2.00. The van der Waals surface area contributed by atoms with E-state index in [0.29, 0.717) is 39.7 Å². The summed E-state index contributed by atoms with van der Waals surface area (Å²) < 4.78 is 47.7. The van der Waals surface area contributed by atoms with E-state index in [4.69, 9.17) is 26.2 Å². The highest BCUT2D eigenvalue weighted by Crippen LogP contribution is 2.40. The van der Waals surface area contributed by atoms with Crippen LogP contribution in [0, 0.1) is 0 Å². The van der Waals surface area contributed by atoms with Gasteiger partial charge in [0, 0.05) is 21.9 Å². The first-order chi connectivity index (χ1) is 26.4. The van der Waals surface area contributed by atoms with Crippen LogP contribution < -0.4 is 0 Å². The second kappa shape index (κ2) is 12.2. The molecule has 0 bridgehead atoms. The van der Waals surface area contributed by atoms with E-state index in [2.05, 4.69) is 48.5 Å². The van der Waals surface area contributed by atoms with E-state index >= 15 is 0 Å². The second-order valence-corrected chi connectivity index (χ2v) is 11.7. The van der Waals surface area contributed by atoms with Crippen molar-refractivity contribution in [3.8, 4) is 67.5 Å². The molecule has 0 aliphatic heterocycles. The predicted molar refractivity (Wildman–Crippen MR) is 200 cm³/mol. The first-order valence-electron chi connectivity index (χ1n) is 18.5. The van der Waals surface area contributed by atoms with Gasteiger partial charge in [0.05, 0.1) is 12.4 Å². The Bertz CT molecular complexity index is 2830. The monoisotopic (exact) mass is 632 g/mol. The van der Waals surface area contributed by atoms with Gasteiger partial charge in [0.15, 0.2) is 17.5 Å². The molecule has 4 nitrogen and oxygen atoms in total. The van der Waals surface area contributed by atoms with Crippen molar-refractivity contribution in [1.82, 2.24) is 15.0 Å². The van der Waals surface area contributed by atoms with E-state index in [0.717, 1.165) is 44.2 Å². The minimum Gasteiger partial charge on any atom is -0.455 e. The predicted octanol–water partition coefficient (Wildman–Crippen LogP) is 11.8. The smallest absolute Gasteiger partial charge is 0.167 e. The number of para-hydroxylation sites is 1. The minimum absolute atomic E-state index is 0.136. The molecular weight excluding hydrogens is 599 g/mol. The van der Waals surface area contributed by atoms with Crippen molar-refractivity contribution in [3.05, 3.63) is 176 Å². The van der Waals surface area contributed by atoms with E-state index in [1.807, 2.05) is 72.8 Å². The number of nitrogens with zero attached hydrogens (tertiary/aromatic N) is 3. The van der Waals surface area contributed by atoms with Gasteiger partial charge in [-0.15, -0.1) is 0 Å². The van der Waals surface area contributed by atoms with Crippen molar-refractivity contribution in [3.63, 3.8) is 0 Å². The van der Waals surface area contributed by atoms with Crippen molar-refractivity contribution in [2.24, 2.45) is 0 Å². The lowest BCUT2D eigenvalue weighted by Gasteiger charge is -2.09. The van der Waals surface area contributed by atoms with Gasteiger partial charge in [-0.2, -0.15) is 0 Å². The molecule has 9 aromatic rings. The van der Waals surface area contributed by atoms with Crippen molar-refractivity contribution < 1.29 is 11.3 Å². The fourth-order valence-corrected chi connectivity index (χ4v) is 6.26. The molecule has 0 saturated carbocycles. The first kappa shape index (κ1) is 23.6. The molecule has 0 N–H and O–H groups in total. The molecule has 0 saturated heterocycles. The number of hydrogen-bond donors (Lipinski definition) is 0. The maximum Gasteiger partial charge on any atom is 0.167 e. The lowest BCUT2D eigenvalue weighted by atomic mass is 9.96. The number of rotatable bonds is 6. The van der Waals surface area contributed by atoms with Gasteiger partial charge in [0.25, 0.3) is 0 Å². The van der Waals surface area contributed by atoms with Crippen molar-refractivity contribution in [1.29, 1.82) is 0 Å². The van der Waals surface area contributed by atoms with Gasteiger partial charge in [-0.1, -0.05) is 164 Å². The van der Waals surface area contributed by atoms with Crippen molar-refractivity contribution in [2.45, 2.75) is 0 Å². The van der Waals surface area contributed by atoms with E-state index in [1.165, 1.54) is 0 Å². The van der Waals surface area contributed by atoms with Gasteiger partial charge in [0.2, 0.25) is 0 Å². The Morgan fingerprint density at radius 1 is 0.388 bits per heavy atom. The molecule has 0 radical (unpaired) electrons. The van der Waals surface area contributed by atoms with Crippen LogP contribution in [0.2, 0.25) is 0 Å². The van der Waals surface area contributed by atoms with Crippen LogP contribution in [-0.2, 0) is 0 Å². The number of benzene rings is 7. The highest BCUT2D eigenvalue weighted by atomic mass is 16.3. The maximum atomic E-state index is 8.43. The van der Waals surface area contributed by atoms with Crippen LogP contribution in [0.25, 0.3) is 89.5 Å². The Kier molecular flexibility index (Phi) is 5.87. The Hall–Kier alpha value is -6.65. The normalized spacial score (nSPS) is 12.7. The zero-order valence-corrected chi connectivity index (χ0v) is 26.1. The van der Waals surface area contributed by atoms with Crippen molar-refractivity contribution >= 4 is 21.9 Å². The van der Waals surface area contributed by atoms with E-state index in [1.54, 1.807) is 24.3 Å². The third kappa shape index (κ3) is 5.35. The van der Waals surface area contributed by atoms with Crippen LogP contribution >= 0.6 is 0 Å². The second-order valence-electron chi connectivity index (χ2n) is 11.7. The summed E-state index contributed by atoms with van der Waals surface area (Å²) in [7, 11) is 0. The molecule has 4 heteroatoms. The summed E-state index contributed by atoms with van der Waals surface area (Å²) in [5.74, 6) is 1.34. The van der Waals surface area contributed by atoms with Gasteiger partial charge in [-0.3, -0.25) is 0 Å². The molecular formula is C45H29N3O. The molecule has 0 aliphatic rings. The fraction of sp³-hybridized carbons (Fsp3) is 0. The van der Waals surface area contributed by atoms with Gasteiger partial charge >= 0.3 is 0 Å². The lowest BCUT2D eigenvalue weighted by molar-refractivity contribution is 0.669. The van der Waals surface area contributed by atoms with Gasteiger partial charge < -0.3 is 4.42 Å². The molecule has 2 heterocycles. The summed E-state index contributed by atoms with van der Waals surface area (Å²) in [6.07, 6.45) is 0. The van der Waals surface area contributed by atoms with Crippen LogP contribution in [0.5, 0.6) is 0 Å². The molecule has 0 fully saturated rings. The Labute approximate surface area is 291 Å². The van der Waals surface area contributed by atoms with Crippen LogP contribution in [0.4, 0.5) is 0 Å². The third-order valence-electron chi connectivity index (χ3n) is 8.67. The quantitative estimate of drug-likeness (QED) is 0.183. The Balaban J connectivity index is 1.17. The van der Waals surface area contributed by atoms with Crippen molar-refractivity contribution in [2.75, 3.05) is 0 Å². The summed E-state index contributed by atoms with van der Waals surface area (Å²) in [6, 6.07) is 46.0. The number of hydrogen-bond acceptors (Lipinski definition) is 4. The molecule has 0 atom stereocenters. The molecule has 7 aromatic carbocycles. The maximum absolute atomic E-state index is 8.43. The summed E-state index contributed by atoms with van der Waals surface area (Å²) >= 11 is 0. The average Bonchev–Trinajstić information content (AvgIpc) is 3.62. The zero-order valence-electron chi connectivity index (χ0n) is 31.1. The number of aromatic nitrogens is 3. The summed E-state index contributed by atoms with van der Waals surface area (Å²) in [4.78, 5) is 14.8. The van der Waals surface area contributed by atoms with E-state index in [9.17, 15) is 0 Å². The zero-order chi connectivity index (χ0) is 36.9. The molecule has 0 unspecified atom stereocenters. The molecule has 49 heavy (non-hydrogen) atoms. The molecule has 0 aliphatic carbocycles. The van der Waals surface area contributed by atoms with Crippen LogP contribution in [0.1, 0.15) is 6.85 Å². The number of fused-ring (bicyclic) bond motifs is 3. The third-order valence-corrected chi connectivity index (χ3v) is 8.67. The van der Waals surface area contributed by atoms with Gasteiger partial charge in [-0.25, -0.2) is 15.0 Å². The summed E-state index contributed by atoms with van der Waals surface area (Å²) in [5.41, 5.74) is 8.69. The Morgan fingerprint density at radius 3 is 1.59 bits per heavy atom. The van der Waals surface area contributed by atoms with Crippen LogP contribution in [0.15, 0.2) is 180 Å². The molecule has 230 valence electrons. The summed E-state index contributed by atoms with van der Waals surface area (Å²) in [5, 5.41) is 1.94. The molecule has 0 spiro atoms. The Morgan fingerprint density at radius 2 is 0.898 bits per heavy atom. The summed E-state index contributed by atoms with van der Waals surface area (Å²) in [6.45, 7) is 0. The fourth-order valence-electron chi connectivity index (χ4n) is 6.26. The van der Waals surface area contributed by atoms with Crippen LogP contribution in [-0.4, -0.2) is 15.0 Å². The first-order valence-corrected chi connectivity index (χ1v) is 16.0. The average molecular weight is 633 g/mol. The van der Waals surface area contributed by atoms with Gasteiger partial charge in [-0.05, 0) is 45.5 Å². The molecule has 9 rings (SSSR count). The molecule has 0 amide bonds.